The molecule has 0 fully saturated rings. The van der Waals surface area contributed by atoms with Crippen LogP contribution in [0.5, 0.6) is 0 Å². The molecule has 3 atom stereocenters. The number of carbonyl (C=O) groups excluding carboxylic acids is 2. The fourth-order valence-electron chi connectivity index (χ4n) is 1.89. The Balaban J connectivity index is 4.54. The van der Waals surface area contributed by atoms with Crippen LogP contribution < -0.4 is 22.1 Å². The van der Waals surface area contributed by atoms with Crippen molar-refractivity contribution in [1.29, 1.82) is 0 Å². The molecule has 0 spiro atoms. The van der Waals surface area contributed by atoms with Gasteiger partial charge >= 0.3 is 11.9 Å². The minimum absolute atomic E-state index is 0.0440. The van der Waals surface area contributed by atoms with E-state index in [1.807, 2.05) is 0 Å². The summed E-state index contributed by atoms with van der Waals surface area (Å²) in [6.07, 6.45) is 1.14. The number of aliphatic carboxylic acids is 2. The lowest BCUT2D eigenvalue weighted by Crippen LogP contribution is -2.52. The molecule has 3 unspecified atom stereocenters. The van der Waals surface area contributed by atoms with E-state index in [1.165, 1.54) is 0 Å². The number of carbonyl (C=O) groups is 4. The Labute approximate surface area is 151 Å². The minimum Gasteiger partial charge on any atom is -0.480 e. The Morgan fingerprint density at radius 2 is 1.60 bits per heavy atom. The van der Waals surface area contributed by atoms with Gasteiger partial charge in [-0.2, -0.15) is 12.6 Å². The molecule has 0 aromatic carbocycles. The minimum atomic E-state index is -1.22. The molecule has 0 rings (SSSR count). The second-order valence-corrected chi connectivity index (χ2v) is 5.84. The number of nitrogens with one attached hydrogen (secondary N) is 2. The third-order valence-corrected chi connectivity index (χ3v) is 3.76. The molecule has 25 heavy (non-hydrogen) atoms. The number of hydrogen-bond donors (Lipinski definition) is 7. The van der Waals surface area contributed by atoms with Crippen molar-refractivity contribution in [1.82, 2.24) is 10.6 Å². The van der Waals surface area contributed by atoms with Crippen LogP contribution in [0, 0.1) is 0 Å². The van der Waals surface area contributed by atoms with E-state index < -0.39 is 41.9 Å². The van der Waals surface area contributed by atoms with Crippen LogP contribution in [0.3, 0.4) is 0 Å². The number of unbranched alkanes of at least 4 members (excludes halogenated alkanes) is 1. The molecule has 11 heteroatoms. The monoisotopic (exact) mass is 386 g/mol. The topological polar surface area (TPSA) is 185 Å². The van der Waals surface area contributed by atoms with Gasteiger partial charge in [-0.1, -0.05) is 0 Å². The molecule has 0 bridgehead atoms. The van der Waals surface area contributed by atoms with E-state index >= 15 is 0 Å². The van der Waals surface area contributed by atoms with Crippen molar-refractivity contribution in [2.45, 2.75) is 50.2 Å². The van der Waals surface area contributed by atoms with Crippen LogP contribution in [-0.4, -0.2) is 64.4 Å². The zero-order valence-corrected chi connectivity index (χ0v) is 14.7. The summed E-state index contributed by atoms with van der Waals surface area (Å²) in [7, 11) is 0. The van der Waals surface area contributed by atoms with Gasteiger partial charge in [0.25, 0.3) is 0 Å². The Morgan fingerprint density at radius 1 is 0.960 bits per heavy atom. The molecular formula is C14H26N4O6S. The lowest BCUT2D eigenvalue weighted by atomic mass is 10.1. The van der Waals surface area contributed by atoms with Crippen LogP contribution in [0.4, 0.5) is 0 Å². The fraction of sp³-hybridized carbons (Fsp3) is 0.714. The number of carboxylic acids is 2. The second kappa shape index (κ2) is 12.5. The number of nitrogens with two attached hydrogens (primary N) is 2. The highest BCUT2D eigenvalue weighted by atomic mass is 32.1. The van der Waals surface area contributed by atoms with Crippen molar-refractivity contribution in [3.63, 3.8) is 0 Å². The summed E-state index contributed by atoms with van der Waals surface area (Å²) in [5.74, 6) is -3.69. The second-order valence-electron chi connectivity index (χ2n) is 5.47. The Kier molecular flexibility index (Phi) is 11.6. The SMILES string of the molecule is NC(CCC(=O)NC(CS)C(=O)[15NH][13CH]([13CH2][13CH2][13CH2][13CH2][15NH2])[13C](=O)O)C(=O)O. The van der Waals surface area contributed by atoms with E-state index in [-0.39, 0.29) is 25.0 Å². The molecule has 8 N–H and O–H groups in total. The predicted octanol–water partition coefficient (Wildman–Crippen LogP) is -1.71. The lowest BCUT2D eigenvalue weighted by Gasteiger charge is -2.20. The van der Waals surface area contributed by atoms with Gasteiger partial charge in [0.05, 0.1) is 0 Å². The smallest absolute Gasteiger partial charge is 0.326 e. The van der Waals surface area contributed by atoms with Crippen molar-refractivity contribution >= 4 is 36.4 Å². The molecule has 0 heterocycles. The summed E-state index contributed by atoms with van der Waals surface area (Å²) in [5, 5.41) is 22.5. The molecular weight excluding hydrogens is 360 g/mol. The summed E-state index contributed by atoms with van der Waals surface area (Å²) in [6, 6.07) is -3.29. The molecule has 0 radical (unpaired) electrons. The van der Waals surface area contributed by atoms with Crippen molar-refractivity contribution in [2.24, 2.45) is 11.5 Å². The van der Waals surface area contributed by atoms with Gasteiger partial charge in [0.15, 0.2) is 0 Å². The maximum Gasteiger partial charge on any atom is 0.326 e. The summed E-state index contributed by atoms with van der Waals surface area (Å²) < 4.78 is 0. The maximum atomic E-state index is 12.1. The van der Waals surface area contributed by atoms with Gasteiger partial charge in [0.2, 0.25) is 11.8 Å². The van der Waals surface area contributed by atoms with Crippen LogP contribution in [0.2, 0.25) is 0 Å². The predicted molar refractivity (Wildman–Crippen MR) is 93.1 cm³/mol. The largest absolute Gasteiger partial charge is 0.480 e. The zero-order chi connectivity index (χ0) is 19.4. The van der Waals surface area contributed by atoms with Crippen LogP contribution in [0.1, 0.15) is 32.1 Å². The molecule has 10 nitrogen and oxygen atoms in total. The lowest BCUT2D eigenvalue weighted by molar-refractivity contribution is -0.142. The number of thiol groups is 1. The van der Waals surface area contributed by atoms with Crippen molar-refractivity contribution < 1.29 is 29.4 Å². The van der Waals surface area contributed by atoms with Gasteiger partial charge < -0.3 is 32.3 Å². The van der Waals surface area contributed by atoms with Gasteiger partial charge in [-0.05, 0) is 32.2 Å². The van der Waals surface area contributed by atoms with Crippen molar-refractivity contribution in [2.75, 3.05) is 12.3 Å². The molecule has 0 aliphatic rings. The first kappa shape index (κ1) is 23.1. The molecule has 0 saturated heterocycles. The first-order valence-electron chi connectivity index (χ1n) is 7.84. The first-order valence-corrected chi connectivity index (χ1v) is 8.48. The van der Waals surface area contributed by atoms with E-state index in [9.17, 15) is 19.2 Å². The number of hydrogen-bond acceptors (Lipinski definition) is 7. The van der Waals surface area contributed by atoms with E-state index in [0.717, 1.165) is 0 Å². The number of amides is 2. The molecule has 0 aromatic heterocycles. The number of rotatable bonds is 13. The normalized spacial score (nSPS) is 14.2. The highest BCUT2D eigenvalue weighted by Crippen LogP contribution is 2.03. The maximum absolute atomic E-state index is 12.1. The van der Waals surface area contributed by atoms with Gasteiger partial charge in [-0.3, -0.25) is 14.4 Å². The Morgan fingerprint density at radius 3 is 2.08 bits per heavy atom. The first-order chi connectivity index (χ1) is 11.7. The Hall–Kier alpha value is -1.85. The van der Waals surface area contributed by atoms with Crippen molar-refractivity contribution in [3.05, 3.63) is 0 Å². The molecule has 0 aromatic rings. The molecule has 0 aliphatic heterocycles. The summed E-state index contributed by atoms with van der Waals surface area (Å²) in [4.78, 5) is 45.7. The summed E-state index contributed by atoms with van der Waals surface area (Å²) in [6.45, 7) is 0.425. The zero-order valence-electron chi connectivity index (χ0n) is 13.8. The number of carboxylic acid groups (broad SMARTS) is 2. The summed E-state index contributed by atoms with van der Waals surface area (Å²) >= 11 is 3.97. The van der Waals surface area contributed by atoms with E-state index in [1.54, 1.807) is 0 Å². The average Bonchev–Trinajstić information content (AvgIpc) is 2.56. The molecule has 0 aliphatic carbocycles. The van der Waals surface area contributed by atoms with E-state index in [2.05, 4.69) is 23.3 Å². The summed E-state index contributed by atoms with van der Waals surface area (Å²) in [5.41, 5.74) is 10.6. The molecule has 2 amide bonds. The van der Waals surface area contributed by atoms with Crippen molar-refractivity contribution in [3.8, 4) is 0 Å². The average molecular weight is 386 g/mol. The van der Waals surface area contributed by atoms with Crippen LogP contribution in [0.25, 0.3) is 0 Å². The standard InChI is InChI=1S/C14H26N4O6S/c15-6-2-1-3-9(14(23)24)18-12(20)10(7-25)17-11(19)5-4-8(16)13(21)22/h8-10,25H,1-7,15-16H2,(H,17,19)(H,18,20)(H,21,22)(H,23,24)/i1+1,2+1,3+1,6+1,9+1,14+1,15+1,18+1. The van der Waals surface area contributed by atoms with E-state index in [0.29, 0.717) is 19.4 Å². The Bertz CT molecular complexity index is 476. The third-order valence-electron chi connectivity index (χ3n) is 3.40. The van der Waals surface area contributed by atoms with Gasteiger partial charge in [-0.15, -0.1) is 0 Å². The van der Waals surface area contributed by atoms with Crippen LogP contribution >= 0.6 is 12.6 Å². The van der Waals surface area contributed by atoms with Gasteiger partial charge in [0.1, 0.15) is 18.1 Å². The molecule has 144 valence electrons. The fourth-order valence-corrected chi connectivity index (χ4v) is 2.15. The van der Waals surface area contributed by atoms with Crippen LogP contribution in [-0.2, 0) is 19.2 Å². The van der Waals surface area contributed by atoms with Gasteiger partial charge in [0, 0.05) is 12.2 Å². The molecule has 0 saturated carbocycles. The highest BCUT2D eigenvalue weighted by Gasteiger charge is 2.25. The third kappa shape index (κ3) is 9.89. The van der Waals surface area contributed by atoms with E-state index in [4.69, 9.17) is 21.7 Å². The van der Waals surface area contributed by atoms with Gasteiger partial charge in [-0.25, -0.2) is 4.79 Å². The highest BCUT2D eigenvalue weighted by molar-refractivity contribution is 7.80. The quantitative estimate of drug-likeness (QED) is 0.0844. The van der Waals surface area contributed by atoms with Crippen LogP contribution in [0.15, 0.2) is 0 Å².